The van der Waals surface area contributed by atoms with Gasteiger partial charge < -0.3 is 5.32 Å². The number of anilines is 1. The van der Waals surface area contributed by atoms with Crippen molar-refractivity contribution >= 4 is 15.7 Å². The molecule has 1 N–H and O–H groups in total. The molecule has 0 aliphatic heterocycles. The van der Waals surface area contributed by atoms with E-state index in [2.05, 4.69) is 22.2 Å². The zero-order chi connectivity index (χ0) is 12.9. The van der Waals surface area contributed by atoms with Crippen molar-refractivity contribution in [1.82, 2.24) is 9.97 Å². The first-order chi connectivity index (χ1) is 7.94. The number of sulfone groups is 1. The lowest BCUT2D eigenvalue weighted by Gasteiger charge is -2.07. The molecule has 96 valence electrons. The lowest BCUT2D eigenvalue weighted by molar-refractivity contribution is 0.599. The number of hydrogen-bond donors (Lipinski definition) is 1. The summed E-state index contributed by atoms with van der Waals surface area (Å²) in [5, 5.41) is 3.09. The standard InChI is InChI=1S/C11H19N3O2S/c1-4-6-9-7-10(12-5-2)14-11(13-9)8-17(3,15)16/h7H,4-6,8H2,1-3H3,(H,12,13,14). The van der Waals surface area contributed by atoms with E-state index in [1.54, 1.807) is 0 Å². The van der Waals surface area contributed by atoms with Crippen molar-refractivity contribution in [2.75, 3.05) is 18.1 Å². The minimum Gasteiger partial charge on any atom is -0.370 e. The molecule has 1 aromatic rings. The van der Waals surface area contributed by atoms with Crippen LogP contribution in [0.3, 0.4) is 0 Å². The second-order valence-electron chi connectivity index (χ2n) is 4.01. The van der Waals surface area contributed by atoms with Crippen molar-refractivity contribution in [3.8, 4) is 0 Å². The van der Waals surface area contributed by atoms with E-state index >= 15 is 0 Å². The average molecular weight is 257 g/mol. The fourth-order valence-corrected chi connectivity index (χ4v) is 2.11. The summed E-state index contributed by atoms with van der Waals surface area (Å²) < 4.78 is 22.5. The van der Waals surface area contributed by atoms with Crippen molar-refractivity contribution in [1.29, 1.82) is 0 Å². The molecule has 0 unspecified atom stereocenters. The topological polar surface area (TPSA) is 72.0 Å². The van der Waals surface area contributed by atoms with Crippen LogP contribution >= 0.6 is 0 Å². The average Bonchev–Trinajstić information content (AvgIpc) is 2.15. The fraction of sp³-hybridized carbons (Fsp3) is 0.636. The van der Waals surface area contributed by atoms with Gasteiger partial charge in [-0.15, -0.1) is 0 Å². The minimum atomic E-state index is -3.09. The van der Waals surface area contributed by atoms with E-state index < -0.39 is 9.84 Å². The molecule has 0 saturated heterocycles. The maximum Gasteiger partial charge on any atom is 0.154 e. The van der Waals surface area contributed by atoms with Gasteiger partial charge in [0.25, 0.3) is 0 Å². The third-order valence-electron chi connectivity index (χ3n) is 2.08. The molecule has 0 aliphatic carbocycles. The molecule has 5 nitrogen and oxygen atoms in total. The molecular formula is C11H19N3O2S. The Bertz CT molecular complexity index is 447. The highest BCUT2D eigenvalue weighted by Gasteiger charge is 2.10. The van der Waals surface area contributed by atoms with E-state index in [1.807, 2.05) is 13.0 Å². The molecule has 17 heavy (non-hydrogen) atoms. The highest BCUT2D eigenvalue weighted by atomic mass is 32.2. The molecule has 0 atom stereocenters. The van der Waals surface area contributed by atoms with Crippen molar-refractivity contribution in [2.45, 2.75) is 32.4 Å². The molecule has 0 amide bonds. The second kappa shape index (κ2) is 5.95. The summed E-state index contributed by atoms with van der Waals surface area (Å²) in [5.41, 5.74) is 0.886. The Morgan fingerprint density at radius 3 is 2.53 bits per heavy atom. The van der Waals surface area contributed by atoms with E-state index in [-0.39, 0.29) is 5.75 Å². The van der Waals surface area contributed by atoms with E-state index in [9.17, 15) is 8.42 Å². The summed E-state index contributed by atoms with van der Waals surface area (Å²) in [4.78, 5) is 8.45. The van der Waals surface area contributed by atoms with Crippen LogP contribution in [-0.2, 0) is 22.0 Å². The summed E-state index contributed by atoms with van der Waals surface area (Å²) >= 11 is 0. The SMILES string of the molecule is CCCc1cc(NCC)nc(CS(C)(=O)=O)n1. The Morgan fingerprint density at radius 2 is 2.00 bits per heavy atom. The lowest BCUT2D eigenvalue weighted by Crippen LogP contribution is -2.10. The third-order valence-corrected chi connectivity index (χ3v) is 2.86. The van der Waals surface area contributed by atoms with E-state index in [0.29, 0.717) is 11.6 Å². The fourth-order valence-electron chi connectivity index (χ4n) is 1.51. The van der Waals surface area contributed by atoms with Crippen LogP contribution in [0.1, 0.15) is 31.8 Å². The maximum absolute atomic E-state index is 11.2. The zero-order valence-corrected chi connectivity index (χ0v) is 11.3. The summed E-state index contributed by atoms with van der Waals surface area (Å²) in [6, 6.07) is 1.87. The molecule has 0 bridgehead atoms. The molecule has 1 heterocycles. The van der Waals surface area contributed by atoms with Crippen LogP contribution < -0.4 is 5.32 Å². The monoisotopic (exact) mass is 257 g/mol. The van der Waals surface area contributed by atoms with E-state index in [1.165, 1.54) is 6.26 Å². The number of aryl methyl sites for hydroxylation is 1. The number of nitrogens with zero attached hydrogens (tertiary/aromatic N) is 2. The predicted molar refractivity (Wildman–Crippen MR) is 68.7 cm³/mol. The Morgan fingerprint density at radius 1 is 1.29 bits per heavy atom. The van der Waals surface area contributed by atoms with Gasteiger partial charge in [0.15, 0.2) is 9.84 Å². The first kappa shape index (κ1) is 13.9. The molecular weight excluding hydrogens is 238 g/mol. The van der Waals surface area contributed by atoms with Gasteiger partial charge in [-0.05, 0) is 13.3 Å². The van der Waals surface area contributed by atoms with Gasteiger partial charge in [-0.3, -0.25) is 0 Å². The predicted octanol–water partition coefficient (Wildman–Crippen LogP) is 1.41. The Labute approximate surface area is 103 Å². The highest BCUT2D eigenvalue weighted by Crippen LogP contribution is 2.10. The summed E-state index contributed by atoms with van der Waals surface area (Å²) in [7, 11) is -3.09. The van der Waals surface area contributed by atoms with Gasteiger partial charge in [0.1, 0.15) is 17.4 Å². The Kier molecular flexibility index (Phi) is 4.86. The number of aromatic nitrogens is 2. The van der Waals surface area contributed by atoms with Gasteiger partial charge in [-0.1, -0.05) is 13.3 Å². The van der Waals surface area contributed by atoms with E-state index in [4.69, 9.17) is 0 Å². The summed E-state index contributed by atoms with van der Waals surface area (Å²) in [5.74, 6) is 0.960. The van der Waals surface area contributed by atoms with Crippen molar-refractivity contribution in [3.63, 3.8) is 0 Å². The Balaban J connectivity index is 3.02. The van der Waals surface area contributed by atoms with Gasteiger partial charge in [-0.25, -0.2) is 18.4 Å². The minimum absolute atomic E-state index is 0.108. The van der Waals surface area contributed by atoms with Crippen LogP contribution in [0.5, 0.6) is 0 Å². The van der Waals surface area contributed by atoms with Crippen LogP contribution in [0.25, 0.3) is 0 Å². The zero-order valence-electron chi connectivity index (χ0n) is 10.5. The maximum atomic E-state index is 11.2. The van der Waals surface area contributed by atoms with Crippen molar-refractivity contribution in [2.24, 2.45) is 0 Å². The molecule has 1 rings (SSSR count). The molecule has 0 radical (unpaired) electrons. The van der Waals surface area contributed by atoms with Crippen LogP contribution in [-0.4, -0.2) is 31.2 Å². The van der Waals surface area contributed by atoms with Crippen molar-refractivity contribution in [3.05, 3.63) is 17.6 Å². The van der Waals surface area contributed by atoms with E-state index in [0.717, 1.165) is 25.1 Å². The lowest BCUT2D eigenvalue weighted by atomic mass is 10.2. The van der Waals surface area contributed by atoms with Gasteiger partial charge in [0, 0.05) is 24.6 Å². The van der Waals surface area contributed by atoms with Crippen LogP contribution in [0, 0.1) is 0 Å². The quantitative estimate of drug-likeness (QED) is 0.834. The summed E-state index contributed by atoms with van der Waals surface area (Å²) in [6.45, 7) is 4.78. The number of rotatable bonds is 6. The molecule has 0 aromatic carbocycles. The first-order valence-corrected chi connectivity index (χ1v) is 7.79. The van der Waals surface area contributed by atoms with Gasteiger partial charge in [0.2, 0.25) is 0 Å². The van der Waals surface area contributed by atoms with Gasteiger partial charge in [-0.2, -0.15) is 0 Å². The smallest absolute Gasteiger partial charge is 0.154 e. The van der Waals surface area contributed by atoms with Crippen LogP contribution in [0.15, 0.2) is 6.07 Å². The first-order valence-electron chi connectivity index (χ1n) is 5.73. The Hall–Kier alpha value is -1.17. The van der Waals surface area contributed by atoms with Crippen molar-refractivity contribution < 1.29 is 8.42 Å². The van der Waals surface area contributed by atoms with Crippen LogP contribution in [0.2, 0.25) is 0 Å². The molecule has 6 heteroatoms. The van der Waals surface area contributed by atoms with Gasteiger partial charge >= 0.3 is 0 Å². The molecule has 0 aliphatic rings. The molecule has 0 saturated carbocycles. The van der Waals surface area contributed by atoms with Crippen LogP contribution in [0.4, 0.5) is 5.82 Å². The second-order valence-corrected chi connectivity index (χ2v) is 6.15. The largest absolute Gasteiger partial charge is 0.370 e. The highest BCUT2D eigenvalue weighted by molar-refractivity contribution is 7.89. The third kappa shape index (κ3) is 5.12. The van der Waals surface area contributed by atoms with Gasteiger partial charge in [0.05, 0.1) is 0 Å². The summed E-state index contributed by atoms with van der Waals surface area (Å²) in [6.07, 6.45) is 2.99. The number of nitrogens with one attached hydrogen (secondary N) is 1. The molecule has 0 spiro atoms. The molecule has 0 fully saturated rings. The molecule has 1 aromatic heterocycles. The number of hydrogen-bond acceptors (Lipinski definition) is 5. The normalized spacial score (nSPS) is 11.5.